The first-order valence-electron chi connectivity index (χ1n) is 4.32. The average molecular weight is 208 g/mol. The molecule has 0 aliphatic heterocycles. The van der Waals surface area contributed by atoms with Gasteiger partial charge >= 0.3 is 6.09 Å². The molecule has 0 unspecified atom stereocenters. The summed E-state index contributed by atoms with van der Waals surface area (Å²) < 4.78 is 0. The maximum atomic E-state index is 11.5. The number of hydrogen-bond donors (Lipinski definition) is 2. The zero-order valence-electron chi connectivity index (χ0n) is 8.52. The van der Waals surface area contributed by atoms with Crippen molar-refractivity contribution in [1.82, 2.24) is 4.90 Å². The fourth-order valence-electron chi connectivity index (χ4n) is 1.11. The van der Waals surface area contributed by atoms with Crippen LogP contribution >= 0.6 is 0 Å². The molecule has 80 valence electrons. The van der Waals surface area contributed by atoms with Crippen LogP contribution in [0.5, 0.6) is 0 Å². The van der Waals surface area contributed by atoms with Crippen LogP contribution in [0, 0.1) is 0 Å². The van der Waals surface area contributed by atoms with E-state index < -0.39 is 6.09 Å². The van der Waals surface area contributed by atoms with Crippen LogP contribution in [0.15, 0.2) is 24.3 Å². The molecule has 0 radical (unpaired) electrons. The van der Waals surface area contributed by atoms with Gasteiger partial charge in [0.05, 0.1) is 0 Å². The van der Waals surface area contributed by atoms with Gasteiger partial charge in [-0.25, -0.2) is 4.79 Å². The van der Waals surface area contributed by atoms with Crippen LogP contribution in [0.3, 0.4) is 0 Å². The number of carbonyl (C=O) groups excluding carboxylic acids is 1. The second kappa shape index (κ2) is 4.45. The summed E-state index contributed by atoms with van der Waals surface area (Å²) in [5.41, 5.74) is 0.835. The van der Waals surface area contributed by atoms with Gasteiger partial charge in [0.25, 0.3) is 5.91 Å². The molecule has 2 amide bonds. The van der Waals surface area contributed by atoms with E-state index in [2.05, 4.69) is 5.32 Å². The first kappa shape index (κ1) is 11.0. The van der Waals surface area contributed by atoms with Gasteiger partial charge in [-0.3, -0.25) is 10.1 Å². The van der Waals surface area contributed by atoms with E-state index in [9.17, 15) is 9.59 Å². The molecule has 0 bridgehead atoms. The molecule has 1 aromatic rings. The summed E-state index contributed by atoms with van der Waals surface area (Å²) in [5, 5.41) is 10.7. The maximum Gasteiger partial charge on any atom is 0.409 e. The van der Waals surface area contributed by atoms with Crippen LogP contribution in [0.1, 0.15) is 10.4 Å². The van der Waals surface area contributed by atoms with Gasteiger partial charge in [0.15, 0.2) is 0 Å². The van der Waals surface area contributed by atoms with E-state index in [4.69, 9.17) is 5.11 Å². The molecule has 0 aromatic heterocycles. The summed E-state index contributed by atoms with van der Waals surface area (Å²) in [7, 11) is 3.28. The number of amides is 2. The van der Waals surface area contributed by atoms with Crippen molar-refractivity contribution in [2.24, 2.45) is 0 Å². The summed E-state index contributed by atoms with van der Waals surface area (Å²) in [6.07, 6.45) is -1.15. The molecule has 2 N–H and O–H groups in total. The molecule has 0 saturated heterocycles. The Kier molecular flexibility index (Phi) is 3.28. The highest BCUT2D eigenvalue weighted by atomic mass is 16.4. The summed E-state index contributed by atoms with van der Waals surface area (Å²) in [6.45, 7) is 0. The number of carbonyl (C=O) groups is 2. The van der Waals surface area contributed by atoms with Crippen LogP contribution < -0.4 is 5.32 Å². The molecule has 5 nitrogen and oxygen atoms in total. The number of nitrogens with zero attached hydrogens (tertiary/aromatic N) is 1. The number of nitrogens with one attached hydrogen (secondary N) is 1. The van der Waals surface area contributed by atoms with Crippen LogP contribution in [0.4, 0.5) is 10.5 Å². The SMILES string of the molecule is CN(C)C(=O)c1cccc(NC(=O)O)c1. The van der Waals surface area contributed by atoms with Gasteiger partial charge in [-0.1, -0.05) is 6.07 Å². The van der Waals surface area contributed by atoms with E-state index in [0.717, 1.165) is 0 Å². The Morgan fingerprint density at radius 1 is 1.33 bits per heavy atom. The van der Waals surface area contributed by atoms with E-state index in [1.54, 1.807) is 32.3 Å². The lowest BCUT2D eigenvalue weighted by molar-refractivity contribution is 0.0827. The number of carboxylic acid groups (broad SMARTS) is 1. The van der Waals surface area contributed by atoms with Crippen molar-refractivity contribution in [3.05, 3.63) is 29.8 Å². The molecule has 0 aliphatic rings. The minimum atomic E-state index is -1.15. The Hall–Kier alpha value is -2.04. The van der Waals surface area contributed by atoms with Gasteiger partial charge in [0, 0.05) is 25.3 Å². The molecule has 5 heteroatoms. The van der Waals surface area contributed by atoms with Gasteiger partial charge < -0.3 is 10.0 Å². The van der Waals surface area contributed by atoms with Crippen LogP contribution in [0.2, 0.25) is 0 Å². The van der Waals surface area contributed by atoms with Gasteiger partial charge in [-0.05, 0) is 18.2 Å². The van der Waals surface area contributed by atoms with Crippen molar-refractivity contribution in [3.8, 4) is 0 Å². The molecule has 0 saturated carbocycles. The molecular formula is C10H12N2O3. The molecule has 0 atom stereocenters. The number of benzene rings is 1. The van der Waals surface area contributed by atoms with Gasteiger partial charge in [0.2, 0.25) is 0 Å². The summed E-state index contributed by atoms with van der Waals surface area (Å²) in [6, 6.07) is 6.34. The Bertz CT molecular complexity index is 388. The highest BCUT2D eigenvalue weighted by Gasteiger charge is 2.08. The Morgan fingerprint density at radius 2 is 2.00 bits per heavy atom. The van der Waals surface area contributed by atoms with Crippen molar-refractivity contribution in [2.45, 2.75) is 0 Å². The lowest BCUT2D eigenvalue weighted by atomic mass is 10.2. The van der Waals surface area contributed by atoms with Crippen molar-refractivity contribution in [1.29, 1.82) is 0 Å². The first-order valence-corrected chi connectivity index (χ1v) is 4.32. The second-order valence-electron chi connectivity index (χ2n) is 3.21. The molecule has 0 fully saturated rings. The van der Waals surface area contributed by atoms with Crippen LogP contribution in [0.25, 0.3) is 0 Å². The minimum Gasteiger partial charge on any atom is -0.465 e. The number of anilines is 1. The molecule has 0 aliphatic carbocycles. The fraction of sp³-hybridized carbons (Fsp3) is 0.200. The van der Waals surface area contributed by atoms with Crippen LogP contribution in [-0.2, 0) is 0 Å². The first-order chi connectivity index (χ1) is 7.00. The monoisotopic (exact) mass is 208 g/mol. The van der Waals surface area contributed by atoms with Gasteiger partial charge in [0.1, 0.15) is 0 Å². The molecule has 15 heavy (non-hydrogen) atoms. The van der Waals surface area contributed by atoms with Crippen molar-refractivity contribution >= 4 is 17.7 Å². The minimum absolute atomic E-state index is 0.163. The smallest absolute Gasteiger partial charge is 0.409 e. The van der Waals surface area contributed by atoms with E-state index >= 15 is 0 Å². The zero-order valence-corrected chi connectivity index (χ0v) is 8.52. The summed E-state index contributed by atoms with van der Waals surface area (Å²) in [4.78, 5) is 23.3. The highest BCUT2D eigenvalue weighted by molar-refractivity contribution is 5.95. The predicted molar refractivity (Wildman–Crippen MR) is 56.1 cm³/mol. The molecule has 0 spiro atoms. The molecular weight excluding hydrogens is 196 g/mol. The largest absolute Gasteiger partial charge is 0.465 e. The van der Waals surface area contributed by atoms with Gasteiger partial charge in [-0.2, -0.15) is 0 Å². The van der Waals surface area contributed by atoms with Crippen LogP contribution in [-0.4, -0.2) is 36.1 Å². The van der Waals surface area contributed by atoms with E-state index in [-0.39, 0.29) is 5.91 Å². The third-order valence-electron chi connectivity index (χ3n) is 1.77. The van der Waals surface area contributed by atoms with E-state index in [1.807, 2.05) is 0 Å². The average Bonchev–Trinajstić information content (AvgIpc) is 2.16. The van der Waals surface area contributed by atoms with E-state index in [0.29, 0.717) is 11.3 Å². The Labute approximate surface area is 87.3 Å². The molecule has 1 aromatic carbocycles. The van der Waals surface area contributed by atoms with Crippen molar-refractivity contribution < 1.29 is 14.7 Å². The number of rotatable bonds is 2. The second-order valence-corrected chi connectivity index (χ2v) is 3.21. The number of hydrogen-bond acceptors (Lipinski definition) is 2. The zero-order chi connectivity index (χ0) is 11.4. The third kappa shape index (κ3) is 2.98. The molecule has 1 rings (SSSR count). The predicted octanol–water partition coefficient (Wildman–Crippen LogP) is 1.48. The standard InChI is InChI=1S/C10H12N2O3/c1-12(2)9(13)7-4-3-5-8(6-7)11-10(14)15/h3-6,11H,1-2H3,(H,14,15). The third-order valence-corrected chi connectivity index (χ3v) is 1.77. The lowest BCUT2D eigenvalue weighted by Crippen LogP contribution is -2.21. The van der Waals surface area contributed by atoms with Crippen molar-refractivity contribution in [2.75, 3.05) is 19.4 Å². The highest BCUT2D eigenvalue weighted by Crippen LogP contribution is 2.11. The quantitative estimate of drug-likeness (QED) is 0.773. The summed E-state index contributed by atoms with van der Waals surface area (Å²) >= 11 is 0. The topological polar surface area (TPSA) is 69.6 Å². The van der Waals surface area contributed by atoms with Crippen molar-refractivity contribution in [3.63, 3.8) is 0 Å². The van der Waals surface area contributed by atoms with Gasteiger partial charge in [-0.15, -0.1) is 0 Å². The fourth-order valence-corrected chi connectivity index (χ4v) is 1.11. The Balaban J connectivity index is 2.92. The lowest BCUT2D eigenvalue weighted by Gasteiger charge is -2.10. The Morgan fingerprint density at radius 3 is 2.53 bits per heavy atom. The normalized spacial score (nSPS) is 9.47. The van der Waals surface area contributed by atoms with E-state index in [1.165, 1.54) is 11.0 Å². The molecule has 0 heterocycles. The summed E-state index contributed by atoms with van der Waals surface area (Å²) in [5.74, 6) is -0.163. The maximum absolute atomic E-state index is 11.5.